The molecule has 2 N–H and O–H groups in total. The number of carboxylic acid groups (broad SMARTS) is 1. The van der Waals surface area contributed by atoms with Crippen LogP contribution in [0.3, 0.4) is 0 Å². The predicted octanol–water partition coefficient (Wildman–Crippen LogP) is 5.73. The number of carboxylic acids is 1. The number of aliphatic carboxylic acids is 1. The quantitative estimate of drug-likeness (QED) is 0.488. The zero-order valence-electron chi connectivity index (χ0n) is 18.5. The third-order valence-electron chi connectivity index (χ3n) is 7.03. The maximum Gasteiger partial charge on any atom is 0.416 e. The number of hydrogen-bond acceptors (Lipinski definition) is 3. The van der Waals surface area contributed by atoms with Crippen molar-refractivity contribution in [1.29, 1.82) is 0 Å². The molecule has 3 aromatic carbocycles. The van der Waals surface area contributed by atoms with Gasteiger partial charge in [0, 0.05) is 12.0 Å². The zero-order chi connectivity index (χ0) is 24.8. The topological polar surface area (TPSA) is 75.6 Å². The Labute approximate surface area is 199 Å². The van der Waals surface area contributed by atoms with Gasteiger partial charge in [0.15, 0.2) is 0 Å². The molecule has 0 atom stereocenters. The Balaban J connectivity index is 1.22. The Bertz CT molecular complexity index is 1230. The second-order valence-electron chi connectivity index (χ2n) is 9.04. The maximum atomic E-state index is 12.8. The van der Waals surface area contributed by atoms with E-state index in [9.17, 15) is 27.9 Å². The highest BCUT2D eigenvalue weighted by molar-refractivity contribution is 5.84. The van der Waals surface area contributed by atoms with Crippen LogP contribution in [0.2, 0.25) is 0 Å². The average Bonchev–Trinajstić information content (AvgIpc) is 3.13. The lowest BCUT2D eigenvalue weighted by molar-refractivity contribution is -0.148. The molecule has 0 saturated heterocycles. The first kappa shape index (κ1) is 23.0. The van der Waals surface area contributed by atoms with Gasteiger partial charge in [-0.05, 0) is 52.8 Å². The van der Waals surface area contributed by atoms with Gasteiger partial charge in [-0.25, -0.2) is 4.79 Å². The number of alkyl halides is 3. The van der Waals surface area contributed by atoms with Crippen LogP contribution in [0.25, 0.3) is 11.1 Å². The Morgan fingerprint density at radius 3 is 1.97 bits per heavy atom. The van der Waals surface area contributed by atoms with Crippen LogP contribution in [-0.2, 0) is 21.1 Å². The molecule has 0 heterocycles. The molecule has 8 heteroatoms. The van der Waals surface area contributed by atoms with E-state index in [0.29, 0.717) is 0 Å². The summed E-state index contributed by atoms with van der Waals surface area (Å²) >= 11 is 0. The van der Waals surface area contributed by atoms with Gasteiger partial charge in [-0.2, -0.15) is 13.2 Å². The van der Waals surface area contributed by atoms with Crippen molar-refractivity contribution in [2.24, 2.45) is 0 Å². The predicted molar refractivity (Wildman–Crippen MR) is 122 cm³/mol. The molecule has 0 spiro atoms. The van der Waals surface area contributed by atoms with Crippen molar-refractivity contribution < 1.29 is 32.6 Å². The summed E-state index contributed by atoms with van der Waals surface area (Å²) in [6.45, 7) is 0.134. The molecule has 0 unspecified atom stereocenters. The molecule has 1 amide bonds. The van der Waals surface area contributed by atoms with Crippen LogP contribution in [0.15, 0.2) is 72.8 Å². The van der Waals surface area contributed by atoms with Gasteiger partial charge in [-0.1, -0.05) is 60.7 Å². The van der Waals surface area contributed by atoms with Crippen LogP contribution in [0, 0.1) is 0 Å². The van der Waals surface area contributed by atoms with Gasteiger partial charge in [0.25, 0.3) is 0 Å². The molecule has 0 aromatic heterocycles. The highest BCUT2D eigenvalue weighted by atomic mass is 19.4. The van der Waals surface area contributed by atoms with Crippen molar-refractivity contribution in [2.75, 3.05) is 6.61 Å². The van der Waals surface area contributed by atoms with Crippen molar-refractivity contribution >= 4 is 12.1 Å². The number of amides is 1. The zero-order valence-corrected chi connectivity index (χ0v) is 18.5. The molecule has 180 valence electrons. The van der Waals surface area contributed by atoms with Crippen molar-refractivity contribution in [3.8, 4) is 11.1 Å². The maximum absolute atomic E-state index is 12.8. The molecular formula is C27H22F3NO4. The summed E-state index contributed by atoms with van der Waals surface area (Å²) in [7, 11) is 0. The van der Waals surface area contributed by atoms with Crippen LogP contribution < -0.4 is 5.32 Å². The Kier molecular flexibility index (Phi) is 5.54. The minimum atomic E-state index is -4.50. The smallest absolute Gasteiger partial charge is 0.416 e. The number of hydrogen-bond donors (Lipinski definition) is 2. The van der Waals surface area contributed by atoms with Crippen LogP contribution >= 0.6 is 0 Å². The minimum absolute atomic E-state index is 0.0674. The number of ether oxygens (including phenoxy) is 1. The van der Waals surface area contributed by atoms with E-state index in [1.807, 2.05) is 48.5 Å². The molecule has 0 bridgehead atoms. The summed E-state index contributed by atoms with van der Waals surface area (Å²) < 4.78 is 44.1. The molecule has 5 rings (SSSR count). The molecule has 2 aliphatic carbocycles. The summed E-state index contributed by atoms with van der Waals surface area (Å²) in [5.41, 5.74) is 2.48. The fraction of sp³-hybridized carbons (Fsp3) is 0.259. The molecular weight excluding hydrogens is 459 g/mol. The van der Waals surface area contributed by atoms with E-state index in [2.05, 4.69) is 5.32 Å². The van der Waals surface area contributed by atoms with E-state index in [1.165, 1.54) is 12.1 Å². The Morgan fingerprint density at radius 1 is 0.914 bits per heavy atom. The van der Waals surface area contributed by atoms with E-state index in [-0.39, 0.29) is 30.9 Å². The van der Waals surface area contributed by atoms with Crippen LogP contribution in [0.5, 0.6) is 0 Å². The van der Waals surface area contributed by atoms with Crippen molar-refractivity contribution in [1.82, 2.24) is 5.32 Å². The summed E-state index contributed by atoms with van der Waals surface area (Å²) in [6, 6.07) is 19.6. The molecule has 1 fully saturated rings. The van der Waals surface area contributed by atoms with Gasteiger partial charge >= 0.3 is 18.2 Å². The molecule has 0 radical (unpaired) electrons. The summed E-state index contributed by atoms with van der Waals surface area (Å²) in [5, 5.41) is 12.5. The second kappa shape index (κ2) is 8.45. The van der Waals surface area contributed by atoms with E-state index >= 15 is 0 Å². The number of carbonyl (C=O) groups is 2. The molecule has 5 nitrogen and oxygen atoms in total. The SMILES string of the molecule is O=C(NC1CC(C(=O)O)(c2ccc(C(F)(F)F)cc2)C1)OCC1c2ccccc2-c2ccccc21. The van der Waals surface area contributed by atoms with Gasteiger partial charge in [-0.15, -0.1) is 0 Å². The Morgan fingerprint density at radius 2 is 1.46 bits per heavy atom. The summed E-state index contributed by atoms with van der Waals surface area (Å²) in [6.07, 6.45) is -5.01. The lowest BCUT2D eigenvalue weighted by atomic mass is 9.61. The average molecular weight is 481 g/mol. The highest BCUT2D eigenvalue weighted by Gasteiger charge is 2.52. The third-order valence-corrected chi connectivity index (χ3v) is 7.03. The number of benzene rings is 3. The van der Waals surface area contributed by atoms with Gasteiger partial charge in [0.1, 0.15) is 6.61 Å². The molecule has 3 aromatic rings. The highest BCUT2D eigenvalue weighted by Crippen LogP contribution is 2.46. The largest absolute Gasteiger partial charge is 0.481 e. The van der Waals surface area contributed by atoms with E-state index in [1.54, 1.807) is 0 Å². The number of nitrogens with one attached hydrogen (secondary N) is 1. The lowest BCUT2D eigenvalue weighted by Crippen LogP contribution is -2.57. The first-order valence-electron chi connectivity index (χ1n) is 11.2. The van der Waals surface area contributed by atoms with Crippen LogP contribution in [0.1, 0.15) is 41.0 Å². The third kappa shape index (κ3) is 4.03. The monoisotopic (exact) mass is 481 g/mol. The van der Waals surface area contributed by atoms with Crippen molar-refractivity contribution in [2.45, 2.75) is 36.4 Å². The normalized spacial score (nSPS) is 20.9. The summed E-state index contributed by atoms with van der Waals surface area (Å²) in [4.78, 5) is 24.5. The standard InChI is InChI=1S/C27H22F3NO4/c28-27(29,30)17-11-9-16(10-12-17)26(24(32)33)13-18(14-26)31-25(34)35-15-23-21-7-3-1-5-19(21)20-6-2-4-8-22(20)23/h1-12,18,23H,13-15H2,(H,31,34)(H,32,33). The molecule has 2 aliphatic rings. The van der Waals surface area contributed by atoms with Crippen molar-refractivity contribution in [3.63, 3.8) is 0 Å². The molecule has 0 aliphatic heterocycles. The van der Waals surface area contributed by atoms with Gasteiger partial charge < -0.3 is 15.2 Å². The molecule has 35 heavy (non-hydrogen) atoms. The minimum Gasteiger partial charge on any atom is -0.481 e. The number of rotatable bonds is 5. The fourth-order valence-corrected chi connectivity index (χ4v) is 5.20. The van der Waals surface area contributed by atoms with E-state index < -0.39 is 35.3 Å². The summed E-state index contributed by atoms with van der Waals surface area (Å²) in [5.74, 6) is -1.23. The van der Waals surface area contributed by atoms with Crippen LogP contribution in [0.4, 0.5) is 18.0 Å². The number of halogens is 3. The fourth-order valence-electron chi connectivity index (χ4n) is 5.20. The van der Waals surface area contributed by atoms with E-state index in [0.717, 1.165) is 34.4 Å². The van der Waals surface area contributed by atoms with Gasteiger partial charge in [0.05, 0.1) is 11.0 Å². The molecule has 1 saturated carbocycles. The Hall–Kier alpha value is -3.81. The van der Waals surface area contributed by atoms with Gasteiger partial charge in [0.2, 0.25) is 0 Å². The first-order chi connectivity index (χ1) is 16.7. The van der Waals surface area contributed by atoms with E-state index in [4.69, 9.17) is 4.74 Å². The number of fused-ring (bicyclic) bond motifs is 3. The van der Waals surface area contributed by atoms with Crippen LogP contribution in [-0.4, -0.2) is 29.8 Å². The first-order valence-corrected chi connectivity index (χ1v) is 11.2. The second-order valence-corrected chi connectivity index (χ2v) is 9.04. The number of carbonyl (C=O) groups excluding carboxylic acids is 1. The lowest BCUT2D eigenvalue weighted by Gasteiger charge is -2.44. The van der Waals surface area contributed by atoms with Gasteiger partial charge in [-0.3, -0.25) is 4.79 Å². The van der Waals surface area contributed by atoms with Crippen molar-refractivity contribution in [3.05, 3.63) is 95.1 Å². The number of alkyl carbamates (subject to hydrolysis) is 1.